The molecule has 0 saturated carbocycles. The molecule has 1 amide bonds. The highest BCUT2D eigenvalue weighted by molar-refractivity contribution is 6.31. The lowest BCUT2D eigenvalue weighted by molar-refractivity contribution is 0.102. The largest absolute Gasteiger partial charge is 0.387 e. The second kappa shape index (κ2) is 6.11. The summed E-state index contributed by atoms with van der Waals surface area (Å²) in [5, 5.41) is 5.71. The fourth-order valence-electron chi connectivity index (χ4n) is 1.71. The molecule has 0 aromatic heterocycles. The van der Waals surface area contributed by atoms with Gasteiger partial charge in [0.2, 0.25) is 0 Å². The molecule has 0 spiro atoms. The Hall–Kier alpha value is -1.78. The summed E-state index contributed by atoms with van der Waals surface area (Å²) in [6.45, 7) is 0. The number of halogens is 3. The third-order valence-corrected chi connectivity index (χ3v) is 3.22. The van der Waals surface area contributed by atoms with Crippen LogP contribution in [0.25, 0.3) is 0 Å². The van der Waals surface area contributed by atoms with Crippen LogP contribution in [0.4, 0.5) is 15.8 Å². The van der Waals surface area contributed by atoms with Crippen molar-refractivity contribution in [1.29, 1.82) is 0 Å². The van der Waals surface area contributed by atoms with Gasteiger partial charge in [0.05, 0.1) is 16.3 Å². The third-order valence-electron chi connectivity index (χ3n) is 2.70. The SMILES string of the molecule is CNc1ccc(Cl)cc1C(=O)Nc1cccc(Cl)c1F. The van der Waals surface area contributed by atoms with Crippen molar-refractivity contribution in [3.63, 3.8) is 0 Å². The molecule has 0 aliphatic rings. The summed E-state index contributed by atoms with van der Waals surface area (Å²) >= 11 is 11.5. The fraction of sp³-hybridized carbons (Fsp3) is 0.0714. The number of amides is 1. The minimum atomic E-state index is -0.671. The third kappa shape index (κ3) is 3.03. The molecule has 2 aromatic carbocycles. The van der Waals surface area contributed by atoms with Gasteiger partial charge in [-0.2, -0.15) is 0 Å². The smallest absolute Gasteiger partial charge is 0.257 e. The van der Waals surface area contributed by atoms with Crippen LogP contribution in [0.15, 0.2) is 36.4 Å². The van der Waals surface area contributed by atoms with E-state index in [1.165, 1.54) is 18.2 Å². The summed E-state index contributed by atoms with van der Waals surface area (Å²) in [4.78, 5) is 12.2. The molecule has 0 aliphatic carbocycles. The number of nitrogens with one attached hydrogen (secondary N) is 2. The Labute approximate surface area is 125 Å². The minimum Gasteiger partial charge on any atom is -0.387 e. The molecule has 6 heteroatoms. The van der Waals surface area contributed by atoms with E-state index in [9.17, 15) is 9.18 Å². The van der Waals surface area contributed by atoms with Crippen LogP contribution in [0.1, 0.15) is 10.4 Å². The Morgan fingerprint density at radius 3 is 2.60 bits per heavy atom. The van der Waals surface area contributed by atoms with Gasteiger partial charge in [-0.25, -0.2) is 4.39 Å². The van der Waals surface area contributed by atoms with Crippen molar-refractivity contribution in [2.45, 2.75) is 0 Å². The Kier molecular flexibility index (Phi) is 4.47. The van der Waals surface area contributed by atoms with Crippen LogP contribution in [0.3, 0.4) is 0 Å². The summed E-state index contributed by atoms with van der Waals surface area (Å²) < 4.78 is 13.8. The molecule has 0 radical (unpaired) electrons. The van der Waals surface area contributed by atoms with Crippen LogP contribution in [0.2, 0.25) is 10.0 Å². The topological polar surface area (TPSA) is 41.1 Å². The molecule has 2 rings (SSSR count). The molecule has 0 atom stereocenters. The Morgan fingerprint density at radius 1 is 1.15 bits per heavy atom. The molecule has 104 valence electrons. The van der Waals surface area contributed by atoms with Gasteiger partial charge < -0.3 is 10.6 Å². The molecule has 3 nitrogen and oxygen atoms in total. The lowest BCUT2D eigenvalue weighted by atomic mass is 10.1. The molecule has 0 saturated heterocycles. The zero-order valence-corrected chi connectivity index (χ0v) is 12.0. The molecular weight excluding hydrogens is 302 g/mol. The minimum absolute atomic E-state index is 0.0181. The molecular formula is C14H11Cl2FN2O. The van der Waals surface area contributed by atoms with Crippen LogP contribution < -0.4 is 10.6 Å². The van der Waals surface area contributed by atoms with Gasteiger partial charge in [0.15, 0.2) is 5.82 Å². The van der Waals surface area contributed by atoms with E-state index in [0.717, 1.165) is 0 Å². The second-order valence-electron chi connectivity index (χ2n) is 4.00. The first-order valence-corrected chi connectivity index (χ1v) is 6.51. The number of hydrogen-bond donors (Lipinski definition) is 2. The molecule has 0 fully saturated rings. The first-order valence-electron chi connectivity index (χ1n) is 5.75. The molecule has 2 N–H and O–H groups in total. The Morgan fingerprint density at radius 2 is 1.90 bits per heavy atom. The summed E-state index contributed by atoms with van der Waals surface area (Å²) in [7, 11) is 1.68. The summed E-state index contributed by atoms with van der Waals surface area (Å²) in [5.74, 6) is -1.14. The Balaban J connectivity index is 2.33. The quantitative estimate of drug-likeness (QED) is 0.880. The van der Waals surface area contributed by atoms with E-state index >= 15 is 0 Å². The van der Waals surface area contributed by atoms with E-state index in [4.69, 9.17) is 23.2 Å². The van der Waals surface area contributed by atoms with E-state index in [-0.39, 0.29) is 10.7 Å². The number of carbonyl (C=O) groups excluding carboxylic acids is 1. The summed E-state index contributed by atoms with van der Waals surface area (Å²) in [6.07, 6.45) is 0. The maximum atomic E-state index is 13.8. The zero-order valence-electron chi connectivity index (χ0n) is 10.5. The van der Waals surface area contributed by atoms with Gasteiger partial charge in [-0.15, -0.1) is 0 Å². The average Bonchev–Trinajstić information content (AvgIpc) is 2.43. The van der Waals surface area contributed by atoms with Gasteiger partial charge in [0, 0.05) is 17.8 Å². The van der Waals surface area contributed by atoms with Crippen molar-refractivity contribution in [2.75, 3.05) is 17.7 Å². The van der Waals surface area contributed by atoms with Crippen molar-refractivity contribution in [3.05, 3.63) is 57.8 Å². The van der Waals surface area contributed by atoms with Crippen molar-refractivity contribution in [3.8, 4) is 0 Å². The maximum Gasteiger partial charge on any atom is 0.257 e. The standard InChI is InChI=1S/C14H11Cl2FN2O/c1-18-11-6-5-8(15)7-9(11)14(20)19-12-4-2-3-10(16)13(12)17/h2-7,18H,1H3,(H,19,20). The van der Waals surface area contributed by atoms with E-state index in [2.05, 4.69) is 10.6 Å². The normalized spacial score (nSPS) is 10.2. The number of carbonyl (C=O) groups is 1. The number of benzene rings is 2. The highest BCUT2D eigenvalue weighted by atomic mass is 35.5. The van der Waals surface area contributed by atoms with E-state index < -0.39 is 11.7 Å². The van der Waals surface area contributed by atoms with E-state index in [1.54, 1.807) is 25.2 Å². The first-order chi connectivity index (χ1) is 9.52. The zero-order chi connectivity index (χ0) is 14.7. The maximum absolute atomic E-state index is 13.8. The van der Waals surface area contributed by atoms with Crippen molar-refractivity contribution < 1.29 is 9.18 Å². The lowest BCUT2D eigenvalue weighted by Crippen LogP contribution is -2.15. The highest BCUT2D eigenvalue weighted by Crippen LogP contribution is 2.25. The summed E-state index contributed by atoms with van der Waals surface area (Å²) in [6, 6.07) is 9.23. The van der Waals surface area contributed by atoms with Crippen molar-refractivity contribution >= 4 is 40.5 Å². The first kappa shape index (κ1) is 14.6. The van der Waals surface area contributed by atoms with Gasteiger partial charge >= 0.3 is 0 Å². The van der Waals surface area contributed by atoms with Crippen LogP contribution >= 0.6 is 23.2 Å². The van der Waals surface area contributed by atoms with Gasteiger partial charge in [-0.05, 0) is 30.3 Å². The highest BCUT2D eigenvalue weighted by Gasteiger charge is 2.14. The number of hydrogen-bond acceptors (Lipinski definition) is 2. The molecule has 0 aliphatic heterocycles. The fourth-order valence-corrected chi connectivity index (χ4v) is 2.06. The van der Waals surface area contributed by atoms with Crippen LogP contribution in [0.5, 0.6) is 0 Å². The number of rotatable bonds is 3. The average molecular weight is 313 g/mol. The molecule has 0 bridgehead atoms. The molecule has 20 heavy (non-hydrogen) atoms. The van der Waals surface area contributed by atoms with Crippen molar-refractivity contribution in [2.24, 2.45) is 0 Å². The van der Waals surface area contributed by atoms with Crippen LogP contribution in [0, 0.1) is 5.82 Å². The van der Waals surface area contributed by atoms with E-state index in [0.29, 0.717) is 16.3 Å². The lowest BCUT2D eigenvalue weighted by Gasteiger charge is -2.11. The van der Waals surface area contributed by atoms with E-state index in [1.807, 2.05) is 0 Å². The van der Waals surface area contributed by atoms with Gasteiger partial charge in [-0.1, -0.05) is 29.3 Å². The van der Waals surface area contributed by atoms with Crippen molar-refractivity contribution in [1.82, 2.24) is 0 Å². The van der Waals surface area contributed by atoms with Crippen LogP contribution in [-0.4, -0.2) is 13.0 Å². The monoisotopic (exact) mass is 312 g/mol. The van der Waals surface area contributed by atoms with Gasteiger partial charge in [0.25, 0.3) is 5.91 Å². The van der Waals surface area contributed by atoms with Gasteiger partial charge in [0.1, 0.15) is 0 Å². The van der Waals surface area contributed by atoms with Crippen LogP contribution in [-0.2, 0) is 0 Å². The predicted molar refractivity (Wildman–Crippen MR) is 80.4 cm³/mol. The number of anilines is 2. The predicted octanol–water partition coefficient (Wildman–Crippen LogP) is 4.43. The summed E-state index contributed by atoms with van der Waals surface area (Å²) in [5.41, 5.74) is 0.929. The molecule has 2 aromatic rings. The second-order valence-corrected chi connectivity index (χ2v) is 4.84. The molecule has 0 heterocycles. The molecule has 0 unspecified atom stereocenters. The van der Waals surface area contributed by atoms with Gasteiger partial charge in [-0.3, -0.25) is 4.79 Å². The Bertz CT molecular complexity index is 662.